The maximum absolute atomic E-state index is 13.2. The third kappa shape index (κ3) is 4.07. The van der Waals surface area contributed by atoms with Crippen LogP contribution in [0.25, 0.3) is 16.8 Å². The van der Waals surface area contributed by atoms with E-state index in [9.17, 15) is 23.8 Å². The molecule has 3 atom stereocenters. The van der Waals surface area contributed by atoms with Crippen LogP contribution >= 0.6 is 0 Å². The van der Waals surface area contributed by atoms with Gasteiger partial charge < -0.3 is 15.9 Å². The van der Waals surface area contributed by atoms with Crippen molar-refractivity contribution in [2.75, 3.05) is 5.73 Å². The average Bonchev–Trinajstić information content (AvgIpc) is 3.40. The first-order valence-corrected chi connectivity index (χ1v) is 12.9. The van der Waals surface area contributed by atoms with Gasteiger partial charge in [0.2, 0.25) is 0 Å². The highest BCUT2D eigenvalue weighted by atomic mass is 19.3. The first-order valence-electron chi connectivity index (χ1n) is 12.9. The van der Waals surface area contributed by atoms with E-state index in [1.807, 2.05) is 18.2 Å². The second-order valence-corrected chi connectivity index (χ2v) is 11.4. The zero-order valence-electron chi connectivity index (χ0n) is 22.3. The monoisotopic (exact) mass is 534 g/mol. The van der Waals surface area contributed by atoms with E-state index in [1.54, 1.807) is 56.6 Å². The highest BCUT2D eigenvalue weighted by molar-refractivity contribution is 5.85. The van der Waals surface area contributed by atoms with Crippen molar-refractivity contribution in [1.82, 2.24) is 14.4 Å². The third-order valence-electron chi connectivity index (χ3n) is 9.04. The summed E-state index contributed by atoms with van der Waals surface area (Å²) in [7, 11) is 0. The number of nitrogens with zero attached hydrogens (tertiary/aromatic N) is 3. The number of rotatable bonds is 6. The first kappa shape index (κ1) is 26.7. The summed E-state index contributed by atoms with van der Waals surface area (Å²) in [6.45, 7) is 7.32. The van der Waals surface area contributed by atoms with Crippen LogP contribution in [0.1, 0.15) is 75.4 Å². The molecule has 1 unspecified atom stereocenters. The number of halogens is 2. The summed E-state index contributed by atoms with van der Waals surface area (Å²) in [5.74, 6) is 0.0645. The predicted molar refractivity (Wildman–Crippen MR) is 144 cm³/mol. The number of aromatic nitrogens is 3. The number of alkyl halides is 2. The van der Waals surface area contributed by atoms with Crippen LogP contribution in [0, 0.1) is 10.8 Å². The molecule has 2 aromatic heterocycles. The molecule has 204 valence electrons. The van der Waals surface area contributed by atoms with Crippen molar-refractivity contribution in [3.05, 3.63) is 83.4 Å². The van der Waals surface area contributed by atoms with Crippen molar-refractivity contribution < 1.29 is 23.8 Å². The Morgan fingerprint density at radius 3 is 2.46 bits per heavy atom. The zero-order valence-corrected chi connectivity index (χ0v) is 22.3. The minimum absolute atomic E-state index is 0.135. The quantitative estimate of drug-likeness (QED) is 0.273. The highest BCUT2D eigenvalue weighted by Crippen LogP contribution is 2.60. The minimum Gasteiger partial charge on any atom is -0.481 e. The van der Waals surface area contributed by atoms with Gasteiger partial charge in [0.1, 0.15) is 28.5 Å². The second kappa shape index (κ2) is 9.12. The molecule has 0 amide bonds. The highest BCUT2D eigenvalue weighted by Gasteiger charge is 2.57. The Morgan fingerprint density at radius 1 is 1.15 bits per heavy atom. The van der Waals surface area contributed by atoms with Crippen molar-refractivity contribution in [3.8, 4) is 11.3 Å². The smallest absolute Gasteiger partial charge is 0.309 e. The molecule has 2 aromatic carbocycles. The maximum atomic E-state index is 13.2. The number of carboxylic acid groups (broad SMARTS) is 1. The van der Waals surface area contributed by atoms with Crippen molar-refractivity contribution in [2.45, 2.75) is 58.5 Å². The normalized spacial score (nSPS) is 22.3. The van der Waals surface area contributed by atoms with Crippen LogP contribution < -0.4 is 5.73 Å². The molecule has 4 N–H and O–H groups in total. The molecule has 1 aliphatic carbocycles. The Balaban J connectivity index is 1.57. The lowest BCUT2D eigenvalue weighted by atomic mass is 9.65. The number of imidazole rings is 1. The van der Waals surface area contributed by atoms with E-state index in [0.717, 1.165) is 11.4 Å². The minimum atomic E-state index is -2.64. The van der Waals surface area contributed by atoms with Gasteiger partial charge in [-0.25, -0.2) is 18.7 Å². The molecule has 9 heteroatoms. The summed E-state index contributed by atoms with van der Waals surface area (Å²) >= 11 is 0. The van der Waals surface area contributed by atoms with Gasteiger partial charge in [0.05, 0.1) is 5.41 Å². The van der Waals surface area contributed by atoms with Crippen LogP contribution in [0.4, 0.5) is 14.6 Å². The number of nitrogens with two attached hydrogens (primary N) is 1. The molecule has 0 aliphatic heterocycles. The van der Waals surface area contributed by atoms with Crippen molar-refractivity contribution in [3.63, 3.8) is 0 Å². The van der Waals surface area contributed by atoms with E-state index in [-0.39, 0.29) is 11.5 Å². The summed E-state index contributed by atoms with van der Waals surface area (Å²) in [5.41, 5.74) is 6.03. The Bertz CT molecular complexity index is 1560. The largest absolute Gasteiger partial charge is 0.481 e. The number of hydrogen-bond acceptors (Lipinski definition) is 5. The number of benzene rings is 2. The number of hydrogen-bond donors (Lipinski definition) is 3. The molecular formula is C30H32F2N4O3. The number of fused-ring (bicyclic) bond motifs is 1. The zero-order chi connectivity index (χ0) is 28.3. The first-order chi connectivity index (χ1) is 18.3. The van der Waals surface area contributed by atoms with Gasteiger partial charge in [-0.1, -0.05) is 56.3 Å². The summed E-state index contributed by atoms with van der Waals surface area (Å²) in [5, 5.41) is 21.3. The number of carboxylic acids is 1. The Kier molecular flexibility index (Phi) is 6.25. The Morgan fingerprint density at radius 2 is 1.85 bits per heavy atom. The van der Waals surface area contributed by atoms with E-state index in [0.29, 0.717) is 41.0 Å². The summed E-state index contributed by atoms with van der Waals surface area (Å²) in [6.07, 6.45) is 1.95. The lowest BCUT2D eigenvalue weighted by Gasteiger charge is -2.38. The molecular weight excluding hydrogens is 502 g/mol. The molecule has 39 heavy (non-hydrogen) atoms. The lowest BCUT2D eigenvalue weighted by Crippen LogP contribution is -2.40. The predicted octanol–water partition coefficient (Wildman–Crippen LogP) is 6.17. The van der Waals surface area contributed by atoms with E-state index in [2.05, 4.69) is 4.98 Å². The standard InChI is InChI=1S/C30H32F2N4O3/c1-28(2)21(12-13-29(28,3)27(37)38)26-35-22(23-25(33)34-14-15-36(23)26)17-8-10-19(11-9-17)30(4,39)20-7-5-6-18(16-20)24(31)32/h5-11,14-16,21,24,39H,12-13H2,1-4H3,(H2,33,34)(H,37,38)/t21-,29+,30?/m0/s1. The van der Waals surface area contributed by atoms with Crippen LogP contribution in [-0.2, 0) is 10.4 Å². The lowest BCUT2D eigenvalue weighted by molar-refractivity contribution is -0.153. The van der Waals surface area contributed by atoms with Crippen molar-refractivity contribution >= 4 is 17.3 Å². The van der Waals surface area contributed by atoms with Crippen LogP contribution in [0.15, 0.2) is 60.9 Å². The summed E-state index contributed by atoms with van der Waals surface area (Å²) in [4.78, 5) is 21.5. The fourth-order valence-electron chi connectivity index (χ4n) is 5.97. The van der Waals surface area contributed by atoms with Crippen LogP contribution in [0.2, 0.25) is 0 Å². The maximum Gasteiger partial charge on any atom is 0.309 e. The van der Waals surface area contributed by atoms with Gasteiger partial charge in [0.15, 0.2) is 0 Å². The topological polar surface area (TPSA) is 114 Å². The van der Waals surface area contributed by atoms with Crippen molar-refractivity contribution in [2.24, 2.45) is 10.8 Å². The molecule has 1 saturated carbocycles. The fourth-order valence-corrected chi connectivity index (χ4v) is 5.97. The van der Waals surface area contributed by atoms with E-state index in [1.165, 1.54) is 18.2 Å². The van der Waals surface area contributed by atoms with E-state index in [4.69, 9.17) is 10.7 Å². The van der Waals surface area contributed by atoms with Crippen LogP contribution in [-0.4, -0.2) is 30.6 Å². The van der Waals surface area contributed by atoms with E-state index < -0.39 is 28.8 Å². The molecule has 0 spiro atoms. The second-order valence-electron chi connectivity index (χ2n) is 11.4. The van der Waals surface area contributed by atoms with Crippen LogP contribution in [0.5, 0.6) is 0 Å². The fraction of sp³-hybridized carbons (Fsp3) is 0.367. The molecule has 1 aliphatic rings. The number of anilines is 1. The van der Waals surface area contributed by atoms with Gasteiger partial charge >= 0.3 is 5.97 Å². The molecule has 5 rings (SSSR count). The molecule has 2 heterocycles. The van der Waals surface area contributed by atoms with Gasteiger partial charge in [-0.05, 0) is 49.3 Å². The van der Waals surface area contributed by atoms with E-state index >= 15 is 0 Å². The average molecular weight is 535 g/mol. The molecule has 4 aromatic rings. The van der Waals surface area contributed by atoms with Crippen LogP contribution in [0.3, 0.4) is 0 Å². The summed E-state index contributed by atoms with van der Waals surface area (Å²) < 4.78 is 28.4. The number of carbonyl (C=O) groups is 1. The molecule has 0 saturated heterocycles. The number of nitrogen functional groups attached to an aromatic ring is 1. The van der Waals surface area contributed by atoms with Gasteiger partial charge in [0, 0.05) is 29.4 Å². The number of aliphatic hydroxyl groups is 1. The van der Waals surface area contributed by atoms with Gasteiger partial charge in [0.25, 0.3) is 6.43 Å². The molecule has 7 nitrogen and oxygen atoms in total. The SMILES string of the molecule is CC(O)(c1ccc(-c2nc([C@@H]3CC[C@](C)(C(=O)O)C3(C)C)n3ccnc(N)c23)cc1)c1cccc(C(F)F)c1. The molecule has 1 fully saturated rings. The third-order valence-corrected chi connectivity index (χ3v) is 9.04. The van der Waals surface area contributed by atoms with Gasteiger partial charge in [-0.2, -0.15) is 0 Å². The summed E-state index contributed by atoms with van der Waals surface area (Å²) in [6, 6.07) is 12.9. The van der Waals surface area contributed by atoms with Crippen molar-refractivity contribution in [1.29, 1.82) is 0 Å². The Labute approximate surface area is 225 Å². The molecule has 0 radical (unpaired) electrons. The number of aliphatic carboxylic acids is 1. The van der Waals surface area contributed by atoms with Gasteiger partial charge in [-0.15, -0.1) is 0 Å². The Hall–Kier alpha value is -3.85. The molecule has 0 bridgehead atoms. The van der Waals surface area contributed by atoms with Gasteiger partial charge in [-0.3, -0.25) is 9.20 Å².